The zero-order valence-electron chi connectivity index (χ0n) is 17.1. The molecule has 0 aliphatic carbocycles. The Bertz CT molecular complexity index is 1270. The van der Waals surface area contributed by atoms with Crippen LogP contribution < -0.4 is 4.90 Å². The molecule has 0 bridgehead atoms. The average molecular weight is 425 g/mol. The maximum atomic E-state index is 13.6. The van der Waals surface area contributed by atoms with Crippen molar-refractivity contribution in [2.24, 2.45) is 0 Å². The number of nitro groups is 1. The van der Waals surface area contributed by atoms with Crippen LogP contribution in [0.1, 0.15) is 16.7 Å². The minimum absolute atomic E-state index is 0.0699. The maximum absolute atomic E-state index is 13.6. The molecule has 2 aliphatic rings. The minimum Gasteiger partial charge on any atom is -0.362 e. The molecule has 0 unspecified atom stereocenters. The number of hydrogen-bond donors (Lipinski definition) is 0. The van der Waals surface area contributed by atoms with Crippen molar-refractivity contribution in [1.82, 2.24) is 4.90 Å². The molecule has 0 aromatic heterocycles. The summed E-state index contributed by atoms with van der Waals surface area (Å²) in [4.78, 5) is 40.8. The first-order valence-corrected chi connectivity index (χ1v) is 10.3. The van der Waals surface area contributed by atoms with Gasteiger partial charge in [-0.05, 0) is 47.4 Å². The lowest BCUT2D eigenvalue weighted by molar-refractivity contribution is -0.384. The Morgan fingerprint density at radius 3 is 2.12 bits per heavy atom. The van der Waals surface area contributed by atoms with Gasteiger partial charge in [-0.1, -0.05) is 42.5 Å². The van der Waals surface area contributed by atoms with Crippen molar-refractivity contribution in [1.29, 1.82) is 0 Å². The first-order valence-electron chi connectivity index (χ1n) is 10.3. The second-order valence-corrected chi connectivity index (χ2v) is 7.75. The molecule has 3 aromatic carbocycles. The Hall–Kier alpha value is -4.26. The summed E-state index contributed by atoms with van der Waals surface area (Å²) in [6.45, 7) is 1.12. The quantitative estimate of drug-likeness (QED) is 0.359. The van der Waals surface area contributed by atoms with Crippen molar-refractivity contribution in [2.75, 3.05) is 11.4 Å². The third kappa shape index (κ3) is 3.24. The van der Waals surface area contributed by atoms with Crippen LogP contribution in [0, 0.1) is 10.1 Å². The maximum Gasteiger partial charge on any atom is 0.282 e. The monoisotopic (exact) mass is 425 g/mol. The zero-order valence-corrected chi connectivity index (χ0v) is 17.1. The highest BCUT2D eigenvalue weighted by atomic mass is 16.6. The zero-order chi connectivity index (χ0) is 22.2. The third-order valence-corrected chi connectivity index (χ3v) is 5.89. The molecule has 2 amide bonds. The van der Waals surface area contributed by atoms with Gasteiger partial charge >= 0.3 is 0 Å². The number of nitro benzene ring substituents is 1. The lowest BCUT2D eigenvalue weighted by atomic mass is 9.98. The van der Waals surface area contributed by atoms with Gasteiger partial charge in [-0.15, -0.1) is 0 Å². The first kappa shape index (κ1) is 19.7. The van der Waals surface area contributed by atoms with Gasteiger partial charge in [0.1, 0.15) is 5.70 Å². The van der Waals surface area contributed by atoms with E-state index in [0.29, 0.717) is 30.0 Å². The van der Waals surface area contributed by atoms with Gasteiger partial charge in [-0.25, -0.2) is 4.90 Å². The predicted molar refractivity (Wildman–Crippen MR) is 120 cm³/mol. The van der Waals surface area contributed by atoms with E-state index in [1.165, 1.54) is 34.7 Å². The molecule has 5 rings (SSSR count). The fraction of sp³-hybridized carbons (Fsp3) is 0.120. The number of imide groups is 1. The van der Waals surface area contributed by atoms with E-state index in [2.05, 4.69) is 6.07 Å². The molecule has 0 spiro atoms. The topological polar surface area (TPSA) is 83.8 Å². The van der Waals surface area contributed by atoms with E-state index in [9.17, 15) is 19.7 Å². The molecule has 32 heavy (non-hydrogen) atoms. The van der Waals surface area contributed by atoms with E-state index in [1.807, 2.05) is 29.2 Å². The number of para-hydroxylation sites is 1. The Morgan fingerprint density at radius 2 is 1.44 bits per heavy atom. The van der Waals surface area contributed by atoms with E-state index >= 15 is 0 Å². The molecule has 2 aliphatic heterocycles. The smallest absolute Gasteiger partial charge is 0.282 e. The second-order valence-electron chi connectivity index (χ2n) is 7.75. The van der Waals surface area contributed by atoms with E-state index in [4.69, 9.17) is 0 Å². The SMILES string of the molecule is O=C1C(c2ccc([N+](=O)[O-])cc2)=C(N2CCc3ccccc3C2)C(=O)N1c1ccccc1. The van der Waals surface area contributed by atoms with Gasteiger partial charge in [0.05, 0.1) is 16.2 Å². The Labute approximate surface area is 184 Å². The molecule has 2 heterocycles. The van der Waals surface area contributed by atoms with Crippen LogP contribution in [-0.2, 0) is 22.6 Å². The van der Waals surface area contributed by atoms with Crippen LogP contribution in [0.2, 0.25) is 0 Å². The van der Waals surface area contributed by atoms with E-state index in [0.717, 1.165) is 12.0 Å². The molecular formula is C25H19N3O4. The van der Waals surface area contributed by atoms with E-state index < -0.39 is 10.8 Å². The molecule has 0 N–H and O–H groups in total. The number of carbonyl (C=O) groups excluding carboxylic acids is 2. The van der Waals surface area contributed by atoms with Crippen LogP contribution in [0.25, 0.3) is 5.57 Å². The Balaban J connectivity index is 1.62. The molecule has 0 saturated heterocycles. The van der Waals surface area contributed by atoms with Crippen molar-refractivity contribution < 1.29 is 14.5 Å². The van der Waals surface area contributed by atoms with E-state index in [1.54, 1.807) is 24.3 Å². The standard InChI is InChI=1S/C25H19N3O4/c29-24-22(18-10-12-21(13-11-18)28(31)32)23(25(30)27(24)20-8-2-1-3-9-20)26-15-14-17-6-4-5-7-19(17)16-26/h1-13H,14-16H2. The molecule has 3 aromatic rings. The largest absolute Gasteiger partial charge is 0.362 e. The Kier molecular flexibility index (Phi) is 4.78. The normalized spacial score (nSPS) is 15.9. The average Bonchev–Trinajstić information content (AvgIpc) is 3.09. The number of amides is 2. The van der Waals surface area contributed by atoms with Gasteiger partial charge < -0.3 is 4.90 Å². The fourth-order valence-corrected chi connectivity index (χ4v) is 4.32. The summed E-state index contributed by atoms with van der Waals surface area (Å²) in [5, 5.41) is 11.1. The highest BCUT2D eigenvalue weighted by molar-refractivity contribution is 6.45. The van der Waals surface area contributed by atoms with Gasteiger partial charge in [-0.2, -0.15) is 0 Å². The molecule has 0 radical (unpaired) electrons. The lowest BCUT2D eigenvalue weighted by Crippen LogP contribution is -2.37. The summed E-state index contributed by atoms with van der Waals surface area (Å²) < 4.78 is 0. The molecule has 0 saturated carbocycles. The fourth-order valence-electron chi connectivity index (χ4n) is 4.32. The number of hydrogen-bond acceptors (Lipinski definition) is 5. The first-order chi connectivity index (χ1) is 15.5. The summed E-state index contributed by atoms with van der Waals surface area (Å²) in [5.74, 6) is -0.808. The number of rotatable bonds is 4. The van der Waals surface area contributed by atoms with Gasteiger partial charge in [0.25, 0.3) is 17.5 Å². The van der Waals surface area contributed by atoms with Crippen molar-refractivity contribution >= 4 is 28.8 Å². The Morgan fingerprint density at radius 1 is 0.781 bits per heavy atom. The summed E-state index contributed by atoms with van der Waals surface area (Å²) >= 11 is 0. The summed E-state index contributed by atoms with van der Waals surface area (Å²) in [6.07, 6.45) is 0.764. The van der Waals surface area contributed by atoms with Crippen LogP contribution in [0.4, 0.5) is 11.4 Å². The van der Waals surface area contributed by atoms with Crippen LogP contribution in [-0.4, -0.2) is 28.2 Å². The number of carbonyl (C=O) groups is 2. The van der Waals surface area contributed by atoms with Gasteiger partial charge in [-0.3, -0.25) is 19.7 Å². The van der Waals surface area contributed by atoms with Crippen molar-refractivity contribution in [3.8, 4) is 0 Å². The summed E-state index contributed by atoms with van der Waals surface area (Å²) in [5.41, 5.74) is 3.87. The highest BCUT2D eigenvalue weighted by Gasteiger charge is 2.43. The van der Waals surface area contributed by atoms with Crippen molar-refractivity contribution in [3.63, 3.8) is 0 Å². The number of anilines is 1. The number of non-ortho nitro benzene ring substituents is 1. The number of benzene rings is 3. The predicted octanol–water partition coefficient (Wildman–Crippen LogP) is 3.94. The summed E-state index contributed by atoms with van der Waals surface area (Å²) in [7, 11) is 0. The van der Waals surface area contributed by atoms with Gasteiger partial charge in [0.15, 0.2) is 0 Å². The van der Waals surface area contributed by atoms with E-state index in [-0.39, 0.29) is 17.2 Å². The van der Waals surface area contributed by atoms with Crippen molar-refractivity contribution in [2.45, 2.75) is 13.0 Å². The van der Waals surface area contributed by atoms with Crippen LogP contribution in [0.3, 0.4) is 0 Å². The molecular weight excluding hydrogens is 406 g/mol. The third-order valence-electron chi connectivity index (χ3n) is 5.89. The minimum atomic E-state index is -0.488. The van der Waals surface area contributed by atoms with Crippen LogP contribution in [0.15, 0.2) is 84.6 Å². The molecule has 7 heteroatoms. The molecule has 0 fully saturated rings. The lowest BCUT2D eigenvalue weighted by Gasteiger charge is -2.31. The van der Waals surface area contributed by atoms with Crippen LogP contribution >= 0.6 is 0 Å². The van der Waals surface area contributed by atoms with Gasteiger partial charge in [0, 0.05) is 25.2 Å². The molecule has 7 nitrogen and oxygen atoms in total. The van der Waals surface area contributed by atoms with Gasteiger partial charge in [0.2, 0.25) is 0 Å². The number of fused-ring (bicyclic) bond motifs is 1. The van der Waals surface area contributed by atoms with Crippen LogP contribution in [0.5, 0.6) is 0 Å². The summed E-state index contributed by atoms with van der Waals surface area (Å²) in [6, 6.07) is 22.7. The second kappa shape index (κ2) is 7.77. The number of nitrogens with zero attached hydrogens (tertiary/aromatic N) is 3. The molecule has 158 valence electrons. The molecule has 0 atom stereocenters. The highest BCUT2D eigenvalue weighted by Crippen LogP contribution is 2.37. The van der Waals surface area contributed by atoms with Crippen molar-refractivity contribution in [3.05, 3.63) is 111 Å².